The predicted octanol–water partition coefficient (Wildman–Crippen LogP) is 2.35. The fraction of sp³-hybridized carbons (Fsp3) is 0.250. The van der Waals surface area contributed by atoms with E-state index in [1.54, 1.807) is 0 Å². The van der Waals surface area contributed by atoms with Gasteiger partial charge in [-0.1, -0.05) is 18.2 Å². The van der Waals surface area contributed by atoms with Crippen LogP contribution in [0.1, 0.15) is 11.1 Å². The largest absolute Gasteiger partial charge is 0.175 e. The molecule has 1 aromatic carbocycles. The summed E-state index contributed by atoms with van der Waals surface area (Å²) < 4.78 is 0. The minimum atomic E-state index is 0.771. The fourth-order valence-electron chi connectivity index (χ4n) is 0.799. The molecule has 1 aromatic rings. The van der Waals surface area contributed by atoms with Gasteiger partial charge in [-0.3, -0.25) is 0 Å². The Morgan fingerprint density at radius 3 is 2.40 bits per heavy atom. The Bertz CT molecular complexity index is 185. The second-order valence-corrected chi connectivity index (χ2v) is 2.64. The van der Waals surface area contributed by atoms with Crippen LogP contribution >= 0.6 is 25.3 Å². The summed E-state index contributed by atoms with van der Waals surface area (Å²) in [4.78, 5) is 0. The highest BCUT2D eigenvalue weighted by Gasteiger charge is 1.95. The normalized spacial score (nSPS) is 9.80. The van der Waals surface area contributed by atoms with Gasteiger partial charge >= 0.3 is 0 Å². The highest BCUT2D eigenvalue weighted by atomic mass is 32.1. The average Bonchev–Trinajstić information content (AvgIpc) is 2.04. The van der Waals surface area contributed by atoms with Crippen molar-refractivity contribution in [2.45, 2.75) is 11.5 Å². The molecule has 0 heterocycles. The molecule has 0 bridgehead atoms. The molecule has 0 saturated heterocycles. The summed E-state index contributed by atoms with van der Waals surface area (Å²) in [7, 11) is 0. The molecule has 0 aliphatic rings. The Kier molecular flexibility index (Phi) is 3.16. The third-order valence-corrected chi connectivity index (χ3v) is 2.07. The van der Waals surface area contributed by atoms with Crippen molar-refractivity contribution in [3.05, 3.63) is 35.4 Å². The molecule has 0 nitrogen and oxygen atoms in total. The molecule has 0 spiro atoms. The van der Waals surface area contributed by atoms with Gasteiger partial charge in [-0.05, 0) is 17.2 Å². The van der Waals surface area contributed by atoms with Crippen molar-refractivity contribution < 1.29 is 0 Å². The summed E-state index contributed by atoms with van der Waals surface area (Å²) in [5, 5.41) is 0. The van der Waals surface area contributed by atoms with E-state index in [9.17, 15) is 0 Å². The Balaban J connectivity index is 2.96. The van der Waals surface area contributed by atoms with Crippen LogP contribution < -0.4 is 0 Å². The molecule has 0 unspecified atom stereocenters. The summed E-state index contributed by atoms with van der Waals surface area (Å²) in [6, 6.07) is 8.89. The maximum atomic E-state index is 4.19. The third-order valence-electron chi connectivity index (χ3n) is 1.39. The molecule has 53 valence electrons. The van der Waals surface area contributed by atoms with E-state index >= 15 is 0 Å². The van der Waals surface area contributed by atoms with Crippen LogP contribution in [0.5, 0.6) is 0 Å². The number of benzene rings is 1. The van der Waals surface area contributed by atoms with Crippen LogP contribution in [-0.2, 0) is 11.5 Å². The van der Waals surface area contributed by atoms with Crippen LogP contribution in [0.15, 0.2) is 18.2 Å². The molecule has 0 saturated carbocycles. The van der Waals surface area contributed by atoms with Crippen molar-refractivity contribution in [3.8, 4) is 0 Å². The van der Waals surface area contributed by atoms with Crippen molar-refractivity contribution >= 4 is 25.3 Å². The highest BCUT2D eigenvalue weighted by Crippen LogP contribution is 2.12. The molecule has 10 heavy (non-hydrogen) atoms. The van der Waals surface area contributed by atoms with Gasteiger partial charge in [-0.25, -0.2) is 0 Å². The second-order valence-electron chi connectivity index (χ2n) is 2.01. The van der Waals surface area contributed by atoms with E-state index in [0.717, 1.165) is 11.5 Å². The van der Waals surface area contributed by atoms with Gasteiger partial charge in [0.1, 0.15) is 0 Å². The molecule has 0 aliphatic heterocycles. The topological polar surface area (TPSA) is 0 Å². The number of hydrogen-bond acceptors (Lipinski definition) is 2. The summed E-state index contributed by atoms with van der Waals surface area (Å²) in [5.41, 5.74) is 2.47. The van der Waals surface area contributed by atoms with E-state index in [1.165, 1.54) is 11.1 Å². The summed E-state index contributed by atoms with van der Waals surface area (Å²) in [6.07, 6.45) is 0. The van der Waals surface area contributed by atoms with Crippen LogP contribution in [0.4, 0.5) is 0 Å². The number of thiol groups is 2. The highest BCUT2D eigenvalue weighted by molar-refractivity contribution is 7.79. The Morgan fingerprint density at radius 1 is 1.20 bits per heavy atom. The van der Waals surface area contributed by atoms with E-state index in [2.05, 4.69) is 31.3 Å². The number of rotatable bonds is 2. The van der Waals surface area contributed by atoms with E-state index in [0.29, 0.717) is 0 Å². The fourth-order valence-corrected chi connectivity index (χ4v) is 1.40. The zero-order valence-electron chi connectivity index (χ0n) is 5.54. The first-order valence-electron chi connectivity index (χ1n) is 3.08. The van der Waals surface area contributed by atoms with Gasteiger partial charge in [0, 0.05) is 11.5 Å². The third kappa shape index (κ3) is 1.70. The van der Waals surface area contributed by atoms with Gasteiger partial charge in [-0.15, -0.1) is 0 Å². The first-order valence-corrected chi connectivity index (χ1v) is 4.34. The van der Waals surface area contributed by atoms with Crippen LogP contribution in [0.3, 0.4) is 0 Å². The minimum Gasteiger partial charge on any atom is -0.175 e. The van der Waals surface area contributed by atoms with Crippen LogP contribution in [0.25, 0.3) is 0 Å². The first-order chi connectivity index (χ1) is 4.88. The summed E-state index contributed by atoms with van der Waals surface area (Å²) in [5.74, 6) is 1.55. The van der Waals surface area contributed by atoms with Crippen molar-refractivity contribution in [1.82, 2.24) is 0 Å². The van der Waals surface area contributed by atoms with Crippen molar-refractivity contribution in [2.24, 2.45) is 0 Å². The molecule has 0 N–H and O–H groups in total. The maximum Gasteiger partial charge on any atom is 0.0157 e. The van der Waals surface area contributed by atoms with Gasteiger partial charge < -0.3 is 0 Å². The minimum absolute atomic E-state index is 0.771. The lowest BCUT2D eigenvalue weighted by Crippen LogP contribution is -1.85. The molecule has 0 aliphatic carbocycles. The van der Waals surface area contributed by atoms with Gasteiger partial charge in [0.05, 0.1) is 0 Å². The molecular weight excluding hydrogens is 160 g/mol. The Labute approximate surface area is 72.5 Å². The Morgan fingerprint density at radius 2 is 1.90 bits per heavy atom. The molecule has 0 fully saturated rings. The summed E-state index contributed by atoms with van der Waals surface area (Å²) in [6.45, 7) is 0. The molecule has 0 aromatic heterocycles. The summed E-state index contributed by atoms with van der Waals surface area (Å²) >= 11 is 8.37. The first kappa shape index (κ1) is 8.02. The predicted molar refractivity (Wildman–Crippen MR) is 50.7 cm³/mol. The van der Waals surface area contributed by atoms with Gasteiger partial charge in [0.15, 0.2) is 0 Å². The quantitative estimate of drug-likeness (QED) is 0.624. The van der Waals surface area contributed by atoms with Crippen LogP contribution in [0, 0.1) is 6.07 Å². The van der Waals surface area contributed by atoms with Gasteiger partial charge in [0.2, 0.25) is 0 Å². The lowest BCUT2D eigenvalue weighted by atomic mass is 10.1. The molecule has 0 amide bonds. The Hall–Kier alpha value is -0.0800. The SMILES string of the molecule is SCc1c[c]ccc1CS. The molecule has 1 radical (unpaired) electrons. The van der Waals surface area contributed by atoms with Crippen molar-refractivity contribution in [3.63, 3.8) is 0 Å². The number of hydrogen-bond donors (Lipinski definition) is 2. The van der Waals surface area contributed by atoms with E-state index in [4.69, 9.17) is 0 Å². The van der Waals surface area contributed by atoms with E-state index < -0.39 is 0 Å². The van der Waals surface area contributed by atoms with Crippen LogP contribution in [0.2, 0.25) is 0 Å². The smallest absolute Gasteiger partial charge is 0.0157 e. The second kappa shape index (κ2) is 3.94. The zero-order valence-corrected chi connectivity index (χ0v) is 7.33. The van der Waals surface area contributed by atoms with Gasteiger partial charge in [-0.2, -0.15) is 25.3 Å². The zero-order chi connectivity index (χ0) is 7.40. The standard InChI is InChI=1S/C8H9S2/c9-5-7-3-1-2-4-8(7)6-10/h1,3-4,9-10H,5-6H2. The van der Waals surface area contributed by atoms with Gasteiger partial charge in [0.25, 0.3) is 0 Å². The molecule has 1 rings (SSSR count). The average molecular weight is 169 g/mol. The van der Waals surface area contributed by atoms with Crippen LogP contribution in [-0.4, -0.2) is 0 Å². The monoisotopic (exact) mass is 169 g/mol. The van der Waals surface area contributed by atoms with Crippen molar-refractivity contribution in [2.75, 3.05) is 0 Å². The molecular formula is C8H9S2. The molecule has 0 atom stereocenters. The van der Waals surface area contributed by atoms with Crippen molar-refractivity contribution in [1.29, 1.82) is 0 Å². The van der Waals surface area contributed by atoms with E-state index in [1.807, 2.05) is 18.2 Å². The lowest BCUT2D eigenvalue weighted by Gasteiger charge is -2.01. The maximum absolute atomic E-state index is 4.19. The molecule has 2 heteroatoms. The van der Waals surface area contributed by atoms with E-state index in [-0.39, 0.29) is 0 Å². The lowest BCUT2D eigenvalue weighted by molar-refractivity contribution is 1.29.